The molecule has 2 unspecified atom stereocenters. The number of hydrogen-bond acceptors (Lipinski definition) is 4. The summed E-state index contributed by atoms with van der Waals surface area (Å²) in [5.74, 6) is 0.0703. The number of likely N-dealkylation sites (N-methyl/N-ethyl adjacent to an activating group) is 1. The first kappa shape index (κ1) is 17.0. The third kappa shape index (κ3) is 6.76. The van der Waals surface area contributed by atoms with Crippen LogP contribution in [0.4, 0.5) is 0 Å². The van der Waals surface area contributed by atoms with E-state index in [4.69, 9.17) is 4.74 Å². The van der Waals surface area contributed by atoms with E-state index < -0.39 is 6.04 Å². The Labute approximate surface area is 125 Å². The third-order valence-electron chi connectivity index (χ3n) is 2.96. The van der Waals surface area contributed by atoms with Crippen molar-refractivity contribution in [3.8, 4) is 5.75 Å². The molecule has 0 saturated heterocycles. The summed E-state index contributed by atoms with van der Waals surface area (Å²) in [5.41, 5.74) is 0. The maximum Gasteiger partial charge on any atom is 0.258 e. The minimum Gasteiger partial charge on any atom is -0.484 e. The van der Waals surface area contributed by atoms with Crippen molar-refractivity contribution >= 4 is 11.8 Å². The molecule has 3 N–H and O–H groups in total. The molecule has 0 aliphatic carbocycles. The van der Waals surface area contributed by atoms with Gasteiger partial charge in [0.15, 0.2) is 6.61 Å². The molecule has 2 atom stereocenters. The lowest BCUT2D eigenvalue weighted by molar-refractivity contribution is -0.129. The maximum atomic E-state index is 11.8. The van der Waals surface area contributed by atoms with Crippen LogP contribution in [0.15, 0.2) is 30.3 Å². The van der Waals surface area contributed by atoms with Crippen LogP contribution in [0.5, 0.6) is 5.75 Å². The van der Waals surface area contributed by atoms with Crippen LogP contribution in [-0.2, 0) is 9.59 Å². The number of rotatable bonds is 8. The summed E-state index contributed by atoms with van der Waals surface area (Å²) in [6.07, 6.45) is 0. The zero-order valence-corrected chi connectivity index (χ0v) is 12.7. The summed E-state index contributed by atoms with van der Waals surface area (Å²) in [7, 11) is 1.82. The van der Waals surface area contributed by atoms with Crippen molar-refractivity contribution in [3.05, 3.63) is 30.3 Å². The SMILES string of the molecule is CNC(C)CNC(=O)C(C)NC(=O)COc1ccccc1. The van der Waals surface area contributed by atoms with Gasteiger partial charge in [-0.05, 0) is 33.0 Å². The first-order valence-electron chi connectivity index (χ1n) is 6.95. The molecule has 6 heteroatoms. The zero-order valence-electron chi connectivity index (χ0n) is 12.7. The van der Waals surface area contributed by atoms with Crippen LogP contribution >= 0.6 is 0 Å². The molecule has 21 heavy (non-hydrogen) atoms. The smallest absolute Gasteiger partial charge is 0.258 e. The van der Waals surface area contributed by atoms with Gasteiger partial charge < -0.3 is 20.7 Å². The second kappa shape index (κ2) is 8.97. The first-order chi connectivity index (χ1) is 10.0. The molecular weight excluding hydrogens is 270 g/mol. The molecule has 2 amide bonds. The average Bonchev–Trinajstić information content (AvgIpc) is 2.51. The van der Waals surface area contributed by atoms with Crippen molar-refractivity contribution in [1.29, 1.82) is 0 Å². The standard InChI is InChI=1S/C15H23N3O3/c1-11(16-3)9-17-15(20)12(2)18-14(19)10-21-13-7-5-4-6-8-13/h4-8,11-12,16H,9-10H2,1-3H3,(H,17,20)(H,18,19). The van der Waals surface area contributed by atoms with Gasteiger partial charge in [-0.3, -0.25) is 9.59 Å². The Morgan fingerprint density at radius 3 is 2.48 bits per heavy atom. The number of carbonyl (C=O) groups is 2. The predicted molar refractivity (Wildman–Crippen MR) is 81.1 cm³/mol. The average molecular weight is 293 g/mol. The Kier molecular flexibility index (Phi) is 7.25. The third-order valence-corrected chi connectivity index (χ3v) is 2.96. The fourth-order valence-corrected chi connectivity index (χ4v) is 1.52. The Bertz CT molecular complexity index is 451. The van der Waals surface area contributed by atoms with Crippen LogP contribution in [0, 0.1) is 0 Å². The number of nitrogens with one attached hydrogen (secondary N) is 3. The lowest BCUT2D eigenvalue weighted by Gasteiger charge is -2.16. The maximum absolute atomic E-state index is 11.8. The van der Waals surface area contributed by atoms with E-state index in [1.165, 1.54) is 0 Å². The number of para-hydroxylation sites is 1. The summed E-state index contributed by atoms with van der Waals surface area (Å²) >= 11 is 0. The Balaban J connectivity index is 2.28. The van der Waals surface area contributed by atoms with Gasteiger partial charge in [0, 0.05) is 12.6 Å². The number of carbonyl (C=O) groups excluding carboxylic acids is 2. The van der Waals surface area contributed by atoms with Gasteiger partial charge in [0.1, 0.15) is 11.8 Å². The minimum atomic E-state index is -0.596. The molecule has 0 aliphatic heterocycles. The van der Waals surface area contributed by atoms with Crippen molar-refractivity contribution in [2.75, 3.05) is 20.2 Å². The second-order valence-electron chi connectivity index (χ2n) is 4.83. The van der Waals surface area contributed by atoms with Crippen molar-refractivity contribution < 1.29 is 14.3 Å². The van der Waals surface area contributed by atoms with Crippen LogP contribution in [0.25, 0.3) is 0 Å². The Hall–Kier alpha value is -2.08. The highest BCUT2D eigenvalue weighted by molar-refractivity contribution is 5.87. The minimum absolute atomic E-state index is 0.117. The summed E-state index contributed by atoms with van der Waals surface area (Å²) in [6.45, 7) is 3.99. The van der Waals surface area contributed by atoms with E-state index >= 15 is 0 Å². The molecule has 0 radical (unpaired) electrons. The monoisotopic (exact) mass is 293 g/mol. The van der Waals surface area contributed by atoms with Crippen LogP contribution < -0.4 is 20.7 Å². The van der Waals surface area contributed by atoms with E-state index in [-0.39, 0.29) is 24.5 Å². The lowest BCUT2D eigenvalue weighted by Crippen LogP contribution is -2.48. The molecular formula is C15H23N3O3. The van der Waals surface area contributed by atoms with Gasteiger partial charge in [0.2, 0.25) is 5.91 Å². The van der Waals surface area contributed by atoms with E-state index in [0.29, 0.717) is 12.3 Å². The van der Waals surface area contributed by atoms with Crippen molar-refractivity contribution in [1.82, 2.24) is 16.0 Å². The van der Waals surface area contributed by atoms with Gasteiger partial charge in [0.25, 0.3) is 5.91 Å². The van der Waals surface area contributed by atoms with E-state index in [0.717, 1.165) is 0 Å². The molecule has 0 heterocycles. The van der Waals surface area contributed by atoms with Gasteiger partial charge in [0.05, 0.1) is 0 Å². The molecule has 6 nitrogen and oxygen atoms in total. The summed E-state index contributed by atoms with van der Waals surface area (Å²) < 4.78 is 5.31. The van der Waals surface area contributed by atoms with Crippen LogP contribution in [-0.4, -0.2) is 44.1 Å². The topological polar surface area (TPSA) is 79.5 Å². The normalized spacial score (nSPS) is 13.1. The fraction of sp³-hybridized carbons (Fsp3) is 0.467. The lowest BCUT2D eigenvalue weighted by atomic mass is 10.3. The quantitative estimate of drug-likeness (QED) is 0.644. The van der Waals surface area contributed by atoms with Crippen molar-refractivity contribution in [3.63, 3.8) is 0 Å². The van der Waals surface area contributed by atoms with Crippen LogP contribution in [0.1, 0.15) is 13.8 Å². The zero-order chi connectivity index (χ0) is 15.7. The van der Waals surface area contributed by atoms with Crippen LogP contribution in [0.2, 0.25) is 0 Å². The second-order valence-corrected chi connectivity index (χ2v) is 4.83. The molecule has 0 saturated carbocycles. The number of benzene rings is 1. The number of amides is 2. The van der Waals surface area contributed by atoms with Gasteiger partial charge in [-0.2, -0.15) is 0 Å². The van der Waals surface area contributed by atoms with Gasteiger partial charge in [-0.15, -0.1) is 0 Å². The predicted octanol–water partition coefficient (Wildman–Crippen LogP) is 0.294. The van der Waals surface area contributed by atoms with E-state index in [2.05, 4.69) is 16.0 Å². The van der Waals surface area contributed by atoms with Gasteiger partial charge in [-0.25, -0.2) is 0 Å². The van der Waals surface area contributed by atoms with Crippen molar-refractivity contribution in [2.24, 2.45) is 0 Å². The molecule has 116 valence electrons. The summed E-state index contributed by atoms with van der Waals surface area (Å²) in [5, 5.41) is 8.37. The highest BCUT2D eigenvalue weighted by atomic mass is 16.5. The Morgan fingerprint density at radius 2 is 1.86 bits per heavy atom. The first-order valence-corrected chi connectivity index (χ1v) is 6.95. The summed E-state index contributed by atoms with van der Waals surface area (Å²) in [4.78, 5) is 23.5. The molecule has 0 fully saturated rings. The highest BCUT2D eigenvalue weighted by Crippen LogP contribution is 2.07. The molecule has 0 aromatic heterocycles. The largest absolute Gasteiger partial charge is 0.484 e. The van der Waals surface area contributed by atoms with E-state index in [1.54, 1.807) is 19.1 Å². The fourth-order valence-electron chi connectivity index (χ4n) is 1.52. The number of hydrogen-bond donors (Lipinski definition) is 3. The van der Waals surface area contributed by atoms with Crippen molar-refractivity contribution in [2.45, 2.75) is 25.9 Å². The highest BCUT2D eigenvalue weighted by Gasteiger charge is 2.16. The van der Waals surface area contributed by atoms with E-state index in [9.17, 15) is 9.59 Å². The van der Waals surface area contributed by atoms with Gasteiger partial charge >= 0.3 is 0 Å². The van der Waals surface area contributed by atoms with Gasteiger partial charge in [-0.1, -0.05) is 18.2 Å². The Morgan fingerprint density at radius 1 is 1.19 bits per heavy atom. The van der Waals surface area contributed by atoms with E-state index in [1.807, 2.05) is 32.2 Å². The molecule has 1 aromatic rings. The molecule has 0 spiro atoms. The van der Waals surface area contributed by atoms with Crippen LogP contribution in [0.3, 0.4) is 0 Å². The summed E-state index contributed by atoms with van der Waals surface area (Å²) in [6, 6.07) is 8.63. The molecule has 0 bridgehead atoms. The molecule has 0 aliphatic rings. The molecule has 1 aromatic carbocycles. The molecule has 1 rings (SSSR count). The number of ether oxygens (including phenoxy) is 1.